The quantitative estimate of drug-likeness (QED) is 0.372. The van der Waals surface area contributed by atoms with Crippen LogP contribution in [0, 0.1) is 0 Å². The van der Waals surface area contributed by atoms with Gasteiger partial charge in [-0.05, 0) is 42.0 Å². The number of halogens is 1. The summed E-state index contributed by atoms with van der Waals surface area (Å²) in [5.74, 6) is 0.797. The number of Topliss-reactive ketones (excluding diaryl/α,β-unsaturated/α-hetero) is 1. The highest BCUT2D eigenvalue weighted by Crippen LogP contribution is 2.38. The highest BCUT2D eigenvalue weighted by molar-refractivity contribution is 6.32. The summed E-state index contributed by atoms with van der Waals surface area (Å²) >= 11 is 6.24. The van der Waals surface area contributed by atoms with Gasteiger partial charge in [0.05, 0.1) is 38.0 Å². The number of fused-ring (bicyclic) bond motifs is 1. The molecule has 0 N–H and O–H groups in total. The predicted molar refractivity (Wildman–Crippen MR) is 111 cm³/mol. The van der Waals surface area contributed by atoms with E-state index in [1.807, 2.05) is 0 Å². The highest BCUT2D eigenvalue weighted by Gasteiger charge is 2.16. The Labute approximate surface area is 179 Å². The standard InChI is InChI=1S/C22H21ClO7/c1-26-15-5-6-19(27-2)16(12-15)18(24)13-30-21(25)7-4-14-10-17(23)22-20(11-14)28-8-3-9-29-22/h4-7,10-12H,3,8-9,13H2,1-2H3/b7-4+. The fourth-order valence-corrected chi connectivity index (χ4v) is 3.08. The molecule has 8 heteroatoms. The largest absolute Gasteiger partial charge is 0.497 e. The molecule has 3 rings (SSSR count). The first-order valence-electron chi connectivity index (χ1n) is 9.21. The van der Waals surface area contributed by atoms with Crippen LogP contribution in [-0.2, 0) is 9.53 Å². The van der Waals surface area contributed by atoms with Crippen LogP contribution in [0.2, 0.25) is 5.02 Å². The number of esters is 1. The van der Waals surface area contributed by atoms with Crippen LogP contribution in [-0.4, -0.2) is 45.8 Å². The van der Waals surface area contributed by atoms with Gasteiger partial charge < -0.3 is 23.7 Å². The van der Waals surface area contributed by atoms with Gasteiger partial charge in [0.2, 0.25) is 5.78 Å². The first-order valence-corrected chi connectivity index (χ1v) is 9.59. The van der Waals surface area contributed by atoms with Gasteiger partial charge in [-0.15, -0.1) is 0 Å². The molecule has 0 fully saturated rings. The number of carbonyl (C=O) groups is 2. The number of ether oxygens (including phenoxy) is 5. The zero-order chi connectivity index (χ0) is 21.5. The van der Waals surface area contributed by atoms with Gasteiger partial charge in [0.25, 0.3) is 0 Å². The van der Waals surface area contributed by atoms with Gasteiger partial charge in [-0.3, -0.25) is 4.79 Å². The number of methoxy groups -OCH3 is 2. The monoisotopic (exact) mass is 432 g/mol. The number of carbonyl (C=O) groups excluding carboxylic acids is 2. The van der Waals surface area contributed by atoms with Crippen molar-refractivity contribution in [2.24, 2.45) is 0 Å². The summed E-state index contributed by atoms with van der Waals surface area (Å²) < 4.78 is 26.5. The van der Waals surface area contributed by atoms with E-state index in [4.69, 9.17) is 35.3 Å². The fourth-order valence-electron chi connectivity index (χ4n) is 2.81. The van der Waals surface area contributed by atoms with E-state index in [0.717, 1.165) is 6.42 Å². The maximum Gasteiger partial charge on any atom is 0.331 e. The minimum absolute atomic E-state index is 0.267. The van der Waals surface area contributed by atoms with E-state index in [9.17, 15) is 9.59 Å². The fraction of sp³-hybridized carbons (Fsp3) is 0.273. The minimum Gasteiger partial charge on any atom is -0.497 e. The SMILES string of the molecule is COc1ccc(OC)c(C(=O)COC(=O)/C=C/c2cc(Cl)c3c(c2)OCCCO3)c1. The molecule has 0 atom stereocenters. The van der Waals surface area contributed by atoms with Gasteiger partial charge in [0.1, 0.15) is 11.5 Å². The Kier molecular flexibility index (Phi) is 7.19. The van der Waals surface area contributed by atoms with Gasteiger partial charge in [0.15, 0.2) is 18.1 Å². The van der Waals surface area contributed by atoms with Crippen molar-refractivity contribution in [3.63, 3.8) is 0 Å². The molecule has 1 heterocycles. The molecule has 0 unspecified atom stereocenters. The van der Waals surface area contributed by atoms with Crippen LogP contribution >= 0.6 is 11.6 Å². The maximum atomic E-state index is 12.4. The van der Waals surface area contributed by atoms with E-state index in [-0.39, 0.29) is 5.56 Å². The Morgan fingerprint density at radius 3 is 2.67 bits per heavy atom. The molecule has 0 amide bonds. The molecule has 2 aromatic rings. The van der Waals surface area contributed by atoms with Gasteiger partial charge in [-0.1, -0.05) is 11.6 Å². The second-order valence-corrected chi connectivity index (χ2v) is 6.72. The molecule has 30 heavy (non-hydrogen) atoms. The Hall–Kier alpha value is -3.19. The summed E-state index contributed by atoms with van der Waals surface area (Å²) in [5, 5.41) is 0.391. The van der Waals surface area contributed by atoms with E-state index in [0.29, 0.717) is 46.8 Å². The number of ketones is 1. The Bertz CT molecular complexity index is 968. The Balaban J connectivity index is 1.64. The third-order valence-corrected chi connectivity index (χ3v) is 4.57. The number of hydrogen-bond acceptors (Lipinski definition) is 7. The van der Waals surface area contributed by atoms with Crippen molar-refractivity contribution in [2.75, 3.05) is 34.0 Å². The molecule has 0 aliphatic carbocycles. The highest BCUT2D eigenvalue weighted by atomic mass is 35.5. The smallest absolute Gasteiger partial charge is 0.331 e. The first-order chi connectivity index (χ1) is 14.5. The van der Waals surface area contributed by atoms with Crippen molar-refractivity contribution in [3.8, 4) is 23.0 Å². The van der Waals surface area contributed by atoms with Crippen molar-refractivity contribution in [2.45, 2.75) is 6.42 Å². The van der Waals surface area contributed by atoms with Crippen molar-refractivity contribution >= 4 is 29.4 Å². The molecule has 158 valence electrons. The number of rotatable bonds is 7. The second kappa shape index (κ2) is 10.0. The van der Waals surface area contributed by atoms with E-state index in [1.165, 1.54) is 32.4 Å². The summed E-state index contributed by atoms with van der Waals surface area (Å²) in [5.41, 5.74) is 0.908. The normalized spacial score (nSPS) is 12.9. The summed E-state index contributed by atoms with van der Waals surface area (Å²) in [6.45, 7) is 0.614. The predicted octanol–water partition coefficient (Wildman–Crippen LogP) is 3.96. The number of benzene rings is 2. The number of hydrogen-bond donors (Lipinski definition) is 0. The molecule has 1 aliphatic rings. The van der Waals surface area contributed by atoms with Gasteiger partial charge in [-0.2, -0.15) is 0 Å². The zero-order valence-corrected chi connectivity index (χ0v) is 17.4. The molecule has 0 aromatic heterocycles. The van der Waals surface area contributed by atoms with Gasteiger partial charge in [-0.25, -0.2) is 4.79 Å². The molecule has 0 saturated carbocycles. The molecular weight excluding hydrogens is 412 g/mol. The van der Waals surface area contributed by atoms with Crippen LogP contribution in [0.4, 0.5) is 0 Å². The van der Waals surface area contributed by atoms with Crippen molar-refractivity contribution < 1.29 is 33.3 Å². The Morgan fingerprint density at radius 2 is 1.90 bits per heavy atom. The molecule has 0 bridgehead atoms. The third-order valence-electron chi connectivity index (χ3n) is 4.29. The lowest BCUT2D eigenvalue weighted by molar-refractivity contribution is -0.136. The topological polar surface area (TPSA) is 80.3 Å². The van der Waals surface area contributed by atoms with Crippen molar-refractivity contribution in [1.82, 2.24) is 0 Å². The molecule has 2 aromatic carbocycles. The second-order valence-electron chi connectivity index (χ2n) is 6.31. The lowest BCUT2D eigenvalue weighted by atomic mass is 10.1. The lowest BCUT2D eigenvalue weighted by Gasteiger charge is -2.10. The third kappa shape index (κ3) is 5.24. The maximum absolute atomic E-state index is 12.4. The van der Waals surface area contributed by atoms with Crippen molar-refractivity contribution in [3.05, 3.63) is 52.6 Å². The van der Waals surface area contributed by atoms with E-state index in [1.54, 1.807) is 24.3 Å². The van der Waals surface area contributed by atoms with Crippen LogP contribution in [0.1, 0.15) is 22.3 Å². The molecule has 0 spiro atoms. The van der Waals surface area contributed by atoms with E-state index >= 15 is 0 Å². The lowest BCUT2D eigenvalue weighted by Crippen LogP contribution is -2.13. The van der Waals surface area contributed by atoms with Crippen LogP contribution < -0.4 is 18.9 Å². The Morgan fingerprint density at radius 1 is 1.10 bits per heavy atom. The zero-order valence-electron chi connectivity index (χ0n) is 16.6. The minimum atomic E-state index is -0.673. The van der Waals surface area contributed by atoms with E-state index < -0.39 is 18.4 Å². The van der Waals surface area contributed by atoms with Crippen LogP contribution in [0.5, 0.6) is 23.0 Å². The van der Waals surface area contributed by atoms with Crippen molar-refractivity contribution in [1.29, 1.82) is 0 Å². The molecule has 0 saturated heterocycles. The summed E-state index contributed by atoms with van der Waals surface area (Å²) in [6.07, 6.45) is 3.50. The van der Waals surface area contributed by atoms with Gasteiger partial charge >= 0.3 is 5.97 Å². The first kappa shape index (κ1) is 21.5. The van der Waals surface area contributed by atoms with E-state index in [2.05, 4.69) is 0 Å². The molecular formula is C22H21ClO7. The van der Waals surface area contributed by atoms with Crippen LogP contribution in [0.15, 0.2) is 36.4 Å². The van der Waals surface area contributed by atoms with Gasteiger partial charge in [0, 0.05) is 12.5 Å². The molecule has 1 aliphatic heterocycles. The van der Waals surface area contributed by atoms with Crippen LogP contribution in [0.25, 0.3) is 6.08 Å². The van der Waals surface area contributed by atoms with Crippen LogP contribution in [0.3, 0.4) is 0 Å². The average molecular weight is 433 g/mol. The average Bonchev–Trinajstić information content (AvgIpc) is 3.01. The summed E-state index contributed by atoms with van der Waals surface area (Å²) in [7, 11) is 2.94. The summed E-state index contributed by atoms with van der Waals surface area (Å²) in [4.78, 5) is 24.5. The molecule has 0 radical (unpaired) electrons. The molecule has 7 nitrogen and oxygen atoms in total. The summed E-state index contributed by atoms with van der Waals surface area (Å²) in [6, 6.07) is 8.20.